The van der Waals surface area contributed by atoms with Gasteiger partial charge in [-0.1, -0.05) is 55.1 Å². The number of carbonyl (C=O) groups excluding carboxylic acids is 1. The number of anilines is 1. The van der Waals surface area contributed by atoms with E-state index in [1.165, 1.54) is 16.4 Å². The highest BCUT2D eigenvalue weighted by molar-refractivity contribution is 7.99. The topological polar surface area (TPSA) is 82.1 Å². The normalized spacial score (nSPS) is 10.7. The summed E-state index contributed by atoms with van der Waals surface area (Å²) >= 11 is 1.26. The fourth-order valence-corrected chi connectivity index (χ4v) is 3.64. The zero-order valence-electron chi connectivity index (χ0n) is 15.3. The van der Waals surface area contributed by atoms with Crippen molar-refractivity contribution >= 4 is 23.4 Å². The molecule has 1 aromatic heterocycles. The second-order valence-electron chi connectivity index (χ2n) is 6.02. The molecule has 0 bridgehead atoms. The summed E-state index contributed by atoms with van der Waals surface area (Å²) in [5.41, 5.74) is 3.77. The standard InChI is InChI=1S/C20H21N3O3S/c1-3-15-9-7-8-14(2)18(15)21-17(24)12-13-27-19-20(25)26-22-23(19)16-10-5-4-6-11-16/h4-11H,3,12-13H2,1-2H3,(H-,21,22,24,25). The predicted octanol–water partition coefficient (Wildman–Crippen LogP) is 3.02. The first-order chi connectivity index (χ1) is 13.1. The number of carbonyl (C=O) groups is 1. The molecule has 6 nitrogen and oxygen atoms in total. The van der Waals surface area contributed by atoms with E-state index in [0.29, 0.717) is 10.8 Å². The molecule has 140 valence electrons. The number of nitrogens with zero attached hydrogens (tertiary/aromatic N) is 2. The molecule has 27 heavy (non-hydrogen) atoms. The van der Waals surface area contributed by atoms with Crippen molar-refractivity contribution in [1.29, 1.82) is 0 Å². The van der Waals surface area contributed by atoms with E-state index >= 15 is 0 Å². The first kappa shape index (κ1) is 19.0. The Labute approximate surface area is 162 Å². The summed E-state index contributed by atoms with van der Waals surface area (Å²) in [6, 6.07) is 15.3. The van der Waals surface area contributed by atoms with Crippen LogP contribution in [0.15, 0.2) is 58.1 Å². The van der Waals surface area contributed by atoms with Crippen LogP contribution in [0.25, 0.3) is 5.69 Å². The van der Waals surface area contributed by atoms with Gasteiger partial charge in [0, 0.05) is 30.0 Å². The third-order valence-electron chi connectivity index (χ3n) is 4.15. The third kappa shape index (κ3) is 4.49. The van der Waals surface area contributed by atoms with Gasteiger partial charge in [0.05, 0.1) is 5.27 Å². The molecule has 0 unspecified atom stereocenters. The van der Waals surface area contributed by atoms with Gasteiger partial charge in [0.15, 0.2) is 5.95 Å². The second-order valence-corrected chi connectivity index (χ2v) is 7.11. The molecular formula is C20H21N3O3S. The van der Waals surface area contributed by atoms with E-state index in [-0.39, 0.29) is 12.3 Å². The van der Waals surface area contributed by atoms with Crippen molar-refractivity contribution in [3.8, 4) is 11.6 Å². The van der Waals surface area contributed by atoms with Crippen LogP contribution in [0.5, 0.6) is 5.95 Å². The van der Waals surface area contributed by atoms with Crippen molar-refractivity contribution in [3.63, 3.8) is 0 Å². The first-order valence-corrected chi connectivity index (χ1v) is 9.74. The van der Waals surface area contributed by atoms with Crippen LogP contribution in [0.3, 0.4) is 0 Å². The molecule has 0 saturated heterocycles. The van der Waals surface area contributed by atoms with Gasteiger partial charge >= 0.3 is 0 Å². The highest BCUT2D eigenvalue weighted by Gasteiger charge is 2.21. The van der Waals surface area contributed by atoms with E-state index < -0.39 is 5.95 Å². The lowest BCUT2D eigenvalue weighted by molar-refractivity contribution is -0.705. The minimum atomic E-state index is -0.503. The molecule has 0 saturated carbocycles. The van der Waals surface area contributed by atoms with Crippen LogP contribution in [-0.4, -0.2) is 16.9 Å². The molecule has 0 spiro atoms. The number of hydrogen-bond acceptors (Lipinski definition) is 5. The van der Waals surface area contributed by atoms with E-state index in [2.05, 4.69) is 17.5 Å². The van der Waals surface area contributed by atoms with Crippen molar-refractivity contribution in [2.75, 3.05) is 11.1 Å². The van der Waals surface area contributed by atoms with Gasteiger partial charge in [-0.15, -0.1) is 0 Å². The minimum absolute atomic E-state index is 0.0818. The summed E-state index contributed by atoms with van der Waals surface area (Å²) in [5.74, 6) is -0.138. The fraction of sp³-hybridized carbons (Fsp3) is 0.250. The number of amides is 1. The Balaban J connectivity index is 1.63. The molecule has 1 amide bonds. The molecule has 7 heteroatoms. The Morgan fingerprint density at radius 1 is 1.22 bits per heavy atom. The number of benzene rings is 2. The fourth-order valence-electron chi connectivity index (χ4n) is 2.74. The maximum absolute atomic E-state index is 12.4. The lowest BCUT2D eigenvalue weighted by Gasteiger charge is -2.12. The van der Waals surface area contributed by atoms with Gasteiger partial charge in [0.2, 0.25) is 11.6 Å². The van der Waals surface area contributed by atoms with Gasteiger partial charge < -0.3 is 14.9 Å². The van der Waals surface area contributed by atoms with Crippen LogP contribution in [0.4, 0.5) is 5.69 Å². The summed E-state index contributed by atoms with van der Waals surface area (Å²) < 4.78 is 6.25. The van der Waals surface area contributed by atoms with Crippen molar-refractivity contribution in [3.05, 3.63) is 59.7 Å². The average Bonchev–Trinajstić information content (AvgIpc) is 3.05. The average molecular weight is 383 g/mol. The highest BCUT2D eigenvalue weighted by atomic mass is 32.2. The first-order valence-electron chi connectivity index (χ1n) is 8.75. The van der Waals surface area contributed by atoms with Crippen LogP contribution in [0.1, 0.15) is 24.5 Å². The van der Waals surface area contributed by atoms with Crippen LogP contribution in [0.2, 0.25) is 0 Å². The highest BCUT2D eigenvalue weighted by Crippen LogP contribution is 2.25. The molecule has 0 aliphatic heterocycles. The smallest absolute Gasteiger partial charge is 0.297 e. The summed E-state index contributed by atoms with van der Waals surface area (Å²) in [4.78, 5) is 12.4. The predicted molar refractivity (Wildman–Crippen MR) is 102 cm³/mol. The summed E-state index contributed by atoms with van der Waals surface area (Å²) in [6.07, 6.45) is 1.13. The van der Waals surface area contributed by atoms with Crippen LogP contribution >= 0.6 is 11.8 Å². The van der Waals surface area contributed by atoms with Crippen LogP contribution in [0, 0.1) is 6.92 Å². The van der Waals surface area contributed by atoms with Gasteiger partial charge in [-0.2, -0.15) is 0 Å². The third-order valence-corrected chi connectivity index (χ3v) is 5.17. The number of nitrogens with one attached hydrogen (secondary N) is 1. The Kier molecular flexibility index (Phi) is 6.13. The molecule has 3 rings (SSSR count). The quantitative estimate of drug-likeness (QED) is 0.501. The number of para-hydroxylation sites is 2. The molecule has 2 aromatic carbocycles. The summed E-state index contributed by atoms with van der Waals surface area (Å²) in [7, 11) is 0. The zero-order chi connectivity index (χ0) is 19.2. The number of rotatable bonds is 7. The molecular weight excluding hydrogens is 362 g/mol. The molecule has 0 radical (unpaired) electrons. The van der Waals surface area contributed by atoms with Gasteiger partial charge in [0.1, 0.15) is 0 Å². The second kappa shape index (κ2) is 8.73. The van der Waals surface area contributed by atoms with E-state index in [1.54, 1.807) is 0 Å². The number of thioether (sulfide) groups is 1. The molecule has 0 aliphatic rings. The van der Waals surface area contributed by atoms with Crippen molar-refractivity contribution in [2.45, 2.75) is 31.7 Å². The van der Waals surface area contributed by atoms with Gasteiger partial charge in [-0.3, -0.25) is 4.79 Å². The molecule has 0 fully saturated rings. The SMILES string of the molecule is CCc1cccc(C)c1NC(=O)CCSc1c([O-])on[n+]1-c1ccccc1. The Morgan fingerprint density at radius 3 is 2.74 bits per heavy atom. The Hall–Kier alpha value is -2.80. The molecule has 0 aliphatic carbocycles. The largest absolute Gasteiger partial charge is 0.538 e. The van der Waals surface area contributed by atoms with Crippen LogP contribution < -0.4 is 15.1 Å². The molecule has 1 heterocycles. The van der Waals surface area contributed by atoms with Crippen molar-refractivity contribution in [2.24, 2.45) is 0 Å². The minimum Gasteiger partial charge on any atom is -0.538 e. The maximum Gasteiger partial charge on any atom is 0.297 e. The summed E-state index contributed by atoms with van der Waals surface area (Å²) in [5, 5.41) is 19.1. The van der Waals surface area contributed by atoms with E-state index in [9.17, 15) is 9.90 Å². The van der Waals surface area contributed by atoms with E-state index in [0.717, 1.165) is 28.9 Å². The number of aromatic nitrogens is 2. The monoisotopic (exact) mass is 383 g/mol. The maximum atomic E-state index is 12.4. The molecule has 3 aromatic rings. The number of aryl methyl sites for hydroxylation is 2. The van der Waals surface area contributed by atoms with Crippen LogP contribution in [-0.2, 0) is 11.2 Å². The van der Waals surface area contributed by atoms with E-state index in [4.69, 9.17) is 4.52 Å². The molecule has 0 atom stereocenters. The van der Waals surface area contributed by atoms with Crippen molar-refractivity contribution < 1.29 is 19.1 Å². The lowest BCUT2D eigenvalue weighted by atomic mass is 10.1. The summed E-state index contributed by atoms with van der Waals surface area (Å²) in [6.45, 7) is 4.04. The molecule has 1 N–H and O–H groups in total. The van der Waals surface area contributed by atoms with Crippen molar-refractivity contribution in [1.82, 2.24) is 5.27 Å². The van der Waals surface area contributed by atoms with E-state index in [1.807, 2.05) is 55.5 Å². The van der Waals surface area contributed by atoms with Gasteiger partial charge in [-0.25, -0.2) is 0 Å². The number of hydrogen-bond donors (Lipinski definition) is 1. The van der Waals surface area contributed by atoms with Gasteiger partial charge in [-0.05, 0) is 29.2 Å². The Bertz CT molecular complexity index is 925. The zero-order valence-corrected chi connectivity index (χ0v) is 16.1. The lowest BCUT2D eigenvalue weighted by Crippen LogP contribution is -2.34. The Morgan fingerprint density at radius 2 is 2.00 bits per heavy atom. The van der Waals surface area contributed by atoms with Gasteiger partial charge in [0.25, 0.3) is 5.03 Å².